The van der Waals surface area contributed by atoms with Crippen molar-refractivity contribution in [2.24, 2.45) is 0 Å². The second kappa shape index (κ2) is 15.1. The van der Waals surface area contributed by atoms with E-state index in [2.05, 4.69) is 10.3 Å². The van der Waals surface area contributed by atoms with E-state index in [1.54, 1.807) is 26.6 Å². The fourth-order valence-electron chi connectivity index (χ4n) is 0.650. The third-order valence-electron chi connectivity index (χ3n) is 1.15. The van der Waals surface area contributed by atoms with Crippen LogP contribution in [0.25, 0.3) is 0 Å². The summed E-state index contributed by atoms with van der Waals surface area (Å²) in [6.07, 6.45) is 4.17. The van der Waals surface area contributed by atoms with Crippen LogP contribution in [0.5, 0.6) is 0 Å². The molecule has 4 heteroatoms. The molecule has 1 aromatic rings. The number of rotatable bonds is 3. The highest BCUT2D eigenvalue weighted by atomic mass is 16.5. The van der Waals surface area contributed by atoms with Gasteiger partial charge in [-0.2, -0.15) is 0 Å². The van der Waals surface area contributed by atoms with E-state index in [1.165, 1.54) is 0 Å². The summed E-state index contributed by atoms with van der Waals surface area (Å²) in [4.78, 5) is 13.0. The van der Waals surface area contributed by atoms with E-state index in [4.69, 9.17) is 9.53 Å². The molecular weight excluding hydrogens is 192 g/mol. The number of ether oxygens (including phenoxy) is 1. The van der Waals surface area contributed by atoms with Gasteiger partial charge in [-0.1, -0.05) is 19.9 Å². The molecule has 0 fully saturated rings. The molecule has 0 saturated carbocycles. The van der Waals surface area contributed by atoms with Crippen LogP contribution in [0.3, 0.4) is 0 Å². The van der Waals surface area contributed by atoms with E-state index in [0.717, 1.165) is 5.56 Å². The monoisotopic (exact) mass is 212 g/mol. The first kappa shape index (κ1) is 16.0. The summed E-state index contributed by atoms with van der Waals surface area (Å²) in [7, 11) is 3.24. The average Bonchev–Trinajstić information content (AvgIpc) is 2.34. The predicted octanol–water partition coefficient (Wildman–Crippen LogP) is 1.62. The van der Waals surface area contributed by atoms with Gasteiger partial charge in [0.15, 0.2) is 0 Å². The number of nitrogens with one attached hydrogen (secondary N) is 1. The summed E-state index contributed by atoms with van der Waals surface area (Å²) in [6, 6.07) is 3.88. The molecule has 1 rings (SSSR count). The summed E-state index contributed by atoms with van der Waals surface area (Å²) < 4.78 is 4.89. The summed E-state index contributed by atoms with van der Waals surface area (Å²) in [5, 5.41) is 2.25. The number of aromatic nitrogens is 1. The standard InChI is InChI=1S/C7H9NO.C2H5NO.C2H6/c1-9-6-7-3-2-4-8-5-7;1-3-2-4;1-2/h2-5H,6H2,1H3;2H,1H3,(H,3,4);1-2H3. The van der Waals surface area contributed by atoms with E-state index in [9.17, 15) is 0 Å². The van der Waals surface area contributed by atoms with Gasteiger partial charge >= 0.3 is 0 Å². The smallest absolute Gasteiger partial charge is 0.206 e. The van der Waals surface area contributed by atoms with Crippen molar-refractivity contribution in [2.75, 3.05) is 14.2 Å². The van der Waals surface area contributed by atoms with Crippen molar-refractivity contribution in [2.45, 2.75) is 20.5 Å². The number of nitrogens with zero attached hydrogens (tertiary/aromatic N) is 1. The topological polar surface area (TPSA) is 51.2 Å². The minimum absolute atomic E-state index is 0.625. The van der Waals surface area contributed by atoms with Crippen molar-refractivity contribution in [3.63, 3.8) is 0 Å². The second-order valence-electron chi connectivity index (χ2n) is 2.20. The lowest BCUT2D eigenvalue weighted by Crippen LogP contribution is -1.98. The quantitative estimate of drug-likeness (QED) is 0.774. The van der Waals surface area contributed by atoms with Gasteiger partial charge in [0, 0.05) is 26.6 Å². The van der Waals surface area contributed by atoms with Crippen LogP contribution in [0.4, 0.5) is 0 Å². The maximum Gasteiger partial charge on any atom is 0.206 e. The van der Waals surface area contributed by atoms with Gasteiger partial charge in [-0.3, -0.25) is 9.78 Å². The van der Waals surface area contributed by atoms with Gasteiger partial charge in [-0.15, -0.1) is 0 Å². The number of carbonyl (C=O) groups is 1. The number of hydrogen-bond donors (Lipinski definition) is 1. The Kier molecular flexibility index (Phi) is 16.1. The molecule has 1 amide bonds. The van der Waals surface area contributed by atoms with Crippen LogP contribution in [0, 0.1) is 0 Å². The van der Waals surface area contributed by atoms with E-state index < -0.39 is 0 Å². The summed E-state index contributed by atoms with van der Waals surface area (Å²) in [6.45, 7) is 4.65. The highest BCUT2D eigenvalue weighted by Crippen LogP contribution is 1.95. The molecule has 0 aromatic carbocycles. The van der Waals surface area contributed by atoms with E-state index in [1.807, 2.05) is 26.0 Å². The lowest BCUT2D eigenvalue weighted by molar-refractivity contribution is -0.109. The Labute approximate surface area is 91.7 Å². The molecule has 0 aliphatic rings. The lowest BCUT2D eigenvalue weighted by atomic mass is 10.3. The Morgan fingerprint density at radius 3 is 2.47 bits per heavy atom. The molecule has 0 aliphatic carbocycles. The Morgan fingerprint density at radius 1 is 1.53 bits per heavy atom. The van der Waals surface area contributed by atoms with Gasteiger partial charge in [0.2, 0.25) is 6.41 Å². The maximum absolute atomic E-state index is 9.06. The van der Waals surface area contributed by atoms with E-state index in [0.29, 0.717) is 13.0 Å². The molecule has 0 saturated heterocycles. The third kappa shape index (κ3) is 12.6. The highest BCUT2D eigenvalue weighted by molar-refractivity contribution is 5.44. The molecular formula is C11H20N2O2. The van der Waals surface area contributed by atoms with Crippen molar-refractivity contribution in [3.8, 4) is 0 Å². The first-order chi connectivity index (χ1) is 7.35. The van der Waals surface area contributed by atoms with Gasteiger partial charge in [0.05, 0.1) is 6.61 Å². The van der Waals surface area contributed by atoms with Crippen LogP contribution in [-0.2, 0) is 16.1 Å². The predicted molar refractivity (Wildman–Crippen MR) is 61.4 cm³/mol. The molecule has 15 heavy (non-hydrogen) atoms. The fraction of sp³-hybridized carbons (Fsp3) is 0.455. The molecule has 4 nitrogen and oxygen atoms in total. The van der Waals surface area contributed by atoms with Gasteiger partial charge in [0.25, 0.3) is 0 Å². The zero-order valence-corrected chi connectivity index (χ0v) is 9.86. The van der Waals surface area contributed by atoms with Crippen molar-refractivity contribution < 1.29 is 9.53 Å². The summed E-state index contributed by atoms with van der Waals surface area (Å²) in [5.41, 5.74) is 1.11. The molecule has 0 radical (unpaired) electrons. The average molecular weight is 212 g/mol. The molecule has 1 heterocycles. The second-order valence-corrected chi connectivity index (χ2v) is 2.20. The molecule has 0 unspecified atom stereocenters. The van der Waals surface area contributed by atoms with Crippen LogP contribution < -0.4 is 5.32 Å². The van der Waals surface area contributed by atoms with Crippen molar-refractivity contribution in [1.29, 1.82) is 0 Å². The zero-order chi connectivity index (χ0) is 11.9. The van der Waals surface area contributed by atoms with Gasteiger partial charge in [-0.05, 0) is 11.6 Å². The van der Waals surface area contributed by atoms with Crippen molar-refractivity contribution in [3.05, 3.63) is 30.1 Å². The SMILES string of the molecule is CC.CNC=O.COCc1cccnc1. The van der Waals surface area contributed by atoms with Gasteiger partial charge < -0.3 is 10.1 Å². The lowest BCUT2D eigenvalue weighted by Gasteiger charge is -1.94. The largest absolute Gasteiger partial charge is 0.380 e. The number of methoxy groups -OCH3 is 1. The van der Waals surface area contributed by atoms with Gasteiger partial charge in [0.1, 0.15) is 0 Å². The van der Waals surface area contributed by atoms with Crippen LogP contribution in [0.2, 0.25) is 0 Å². The Bertz CT molecular complexity index is 215. The third-order valence-corrected chi connectivity index (χ3v) is 1.15. The molecule has 1 aromatic heterocycles. The minimum atomic E-state index is 0.625. The molecule has 0 bridgehead atoms. The van der Waals surface area contributed by atoms with Crippen LogP contribution in [0.1, 0.15) is 19.4 Å². The fourth-order valence-corrected chi connectivity index (χ4v) is 0.650. The molecule has 0 atom stereocenters. The number of carbonyl (C=O) groups excluding carboxylic acids is 1. The maximum atomic E-state index is 9.06. The summed E-state index contributed by atoms with van der Waals surface area (Å²) >= 11 is 0. The molecule has 0 aliphatic heterocycles. The first-order valence-corrected chi connectivity index (χ1v) is 4.84. The minimum Gasteiger partial charge on any atom is -0.380 e. The van der Waals surface area contributed by atoms with E-state index >= 15 is 0 Å². The zero-order valence-electron chi connectivity index (χ0n) is 9.86. The first-order valence-electron chi connectivity index (χ1n) is 4.84. The van der Waals surface area contributed by atoms with E-state index in [-0.39, 0.29) is 0 Å². The Balaban J connectivity index is 0. The Morgan fingerprint density at radius 2 is 2.13 bits per heavy atom. The number of pyridine rings is 1. The van der Waals surface area contributed by atoms with Gasteiger partial charge in [-0.25, -0.2) is 0 Å². The summed E-state index contributed by atoms with van der Waals surface area (Å²) in [5.74, 6) is 0. The Hall–Kier alpha value is -1.42. The van der Waals surface area contributed by atoms with Crippen LogP contribution in [-0.4, -0.2) is 25.6 Å². The van der Waals surface area contributed by atoms with Crippen LogP contribution >= 0.6 is 0 Å². The molecule has 86 valence electrons. The molecule has 1 N–H and O–H groups in total. The van der Waals surface area contributed by atoms with Crippen molar-refractivity contribution >= 4 is 6.41 Å². The van der Waals surface area contributed by atoms with Crippen LogP contribution in [0.15, 0.2) is 24.5 Å². The van der Waals surface area contributed by atoms with Crippen molar-refractivity contribution in [1.82, 2.24) is 10.3 Å². The normalized spacial score (nSPS) is 7.47. The number of hydrogen-bond acceptors (Lipinski definition) is 3. The highest BCUT2D eigenvalue weighted by Gasteiger charge is 1.85. The molecule has 0 spiro atoms. The number of amides is 1.